The van der Waals surface area contributed by atoms with Crippen LogP contribution in [0.4, 0.5) is 0 Å². The molecule has 0 radical (unpaired) electrons. The second kappa shape index (κ2) is 5.50. The number of rotatable bonds is 3. The molecule has 1 amide bonds. The number of aryl methyl sites for hydroxylation is 2. The van der Waals surface area contributed by atoms with E-state index >= 15 is 0 Å². The number of carbonyl (C=O) groups excluding carboxylic acids is 1. The van der Waals surface area contributed by atoms with Crippen molar-refractivity contribution < 1.29 is 4.79 Å². The van der Waals surface area contributed by atoms with Gasteiger partial charge in [-0.1, -0.05) is 29.8 Å². The summed E-state index contributed by atoms with van der Waals surface area (Å²) in [4.78, 5) is 13.3. The highest BCUT2D eigenvalue weighted by Crippen LogP contribution is 2.12. The van der Waals surface area contributed by atoms with Gasteiger partial charge < -0.3 is 4.90 Å². The first kappa shape index (κ1) is 12.5. The van der Waals surface area contributed by atoms with Gasteiger partial charge in [-0.15, -0.1) is 0 Å². The van der Waals surface area contributed by atoms with Crippen LogP contribution in [0.1, 0.15) is 23.6 Å². The molecule has 0 bridgehead atoms. The second-order valence-corrected chi connectivity index (χ2v) is 4.12. The number of hydrogen-bond donors (Lipinski definition) is 0. The van der Waals surface area contributed by atoms with Gasteiger partial charge in [0.1, 0.15) is 0 Å². The van der Waals surface area contributed by atoms with Crippen molar-refractivity contribution in [2.24, 2.45) is 0 Å². The molecule has 0 atom stereocenters. The molecule has 0 saturated heterocycles. The molecule has 0 aliphatic rings. The van der Waals surface area contributed by atoms with Crippen molar-refractivity contribution in [1.29, 1.82) is 0 Å². The number of amides is 1. The second-order valence-electron chi connectivity index (χ2n) is 4.12. The first-order chi connectivity index (χ1) is 7.54. The van der Waals surface area contributed by atoms with E-state index in [4.69, 9.17) is 0 Å². The zero-order valence-electron chi connectivity index (χ0n) is 10.4. The maximum atomic E-state index is 11.6. The molecule has 2 nitrogen and oxygen atoms in total. The number of allylic oxidation sites excluding steroid dienone is 1. The van der Waals surface area contributed by atoms with Crippen molar-refractivity contribution in [3.05, 3.63) is 47.0 Å². The average Bonchev–Trinajstić information content (AvgIpc) is 2.22. The zero-order chi connectivity index (χ0) is 12.1. The molecule has 1 rings (SSSR count). The van der Waals surface area contributed by atoms with Crippen LogP contribution in [0.2, 0.25) is 0 Å². The Morgan fingerprint density at radius 3 is 2.62 bits per heavy atom. The van der Waals surface area contributed by atoms with Crippen LogP contribution in [-0.2, 0) is 11.3 Å². The van der Waals surface area contributed by atoms with Gasteiger partial charge in [0.15, 0.2) is 0 Å². The van der Waals surface area contributed by atoms with Crippen LogP contribution in [0.15, 0.2) is 30.4 Å². The largest absolute Gasteiger partial charge is 0.338 e. The summed E-state index contributed by atoms with van der Waals surface area (Å²) < 4.78 is 0. The highest BCUT2D eigenvalue weighted by molar-refractivity contribution is 5.87. The zero-order valence-corrected chi connectivity index (χ0v) is 10.4. The molecule has 0 unspecified atom stereocenters. The lowest BCUT2D eigenvalue weighted by molar-refractivity contribution is -0.125. The van der Waals surface area contributed by atoms with Crippen molar-refractivity contribution >= 4 is 5.91 Å². The maximum Gasteiger partial charge on any atom is 0.246 e. The Kier molecular flexibility index (Phi) is 4.29. The first-order valence-electron chi connectivity index (χ1n) is 5.48. The minimum atomic E-state index is 0.0440. The van der Waals surface area contributed by atoms with Gasteiger partial charge in [-0.25, -0.2) is 0 Å². The van der Waals surface area contributed by atoms with Gasteiger partial charge in [-0.05, 0) is 38.0 Å². The van der Waals surface area contributed by atoms with E-state index in [9.17, 15) is 4.79 Å². The maximum absolute atomic E-state index is 11.6. The monoisotopic (exact) mass is 217 g/mol. The molecule has 1 aromatic carbocycles. The summed E-state index contributed by atoms with van der Waals surface area (Å²) >= 11 is 0. The highest BCUT2D eigenvalue weighted by atomic mass is 16.2. The Hall–Kier alpha value is -1.57. The van der Waals surface area contributed by atoms with Crippen LogP contribution in [0.5, 0.6) is 0 Å². The van der Waals surface area contributed by atoms with Crippen molar-refractivity contribution in [1.82, 2.24) is 4.90 Å². The molecule has 0 heterocycles. The summed E-state index contributed by atoms with van der Waals surface area (Å²) in [5, 5.41) is 0. The van der Waals surface area contributed by atoms with Crippen molar-refractivity contribution in [3.8, 4) is 0 Å². The summed E-state index contributed by atoms with van der Waals surface area (Å²) in [5.41, 5.74) is 3.69. The number of hydrogen-bond acceptors (Lipinski definition) is 1. The highest BCUT2D eigenvalue weighted by Gasteiger charge is 2.07. The van der Waals surface area contributed by atoms with E-state index in [1.165, 1.54) is 16.7 Å². The van der Waals surface area contributed by atoms with Gasteiger partial charge in [0, 0.05) is 13.6 Å². The Bertz CT molecular complexity index is 407. The molecular formula is C14H19NO. The number of nitrogens with zero attached hydrogens (tertiary/aromatic N) is 1. The van der Waals surface area contributed by atoms with Gasteiger partial charge in [0.25, 0.3) is 0 Å². The van der Waals surface area contributed by atoms with Crippen LogP contribution in [0.3, 0.4) is 0 Å². The fourth-order valence-corrected chi connectivity index (χ4v) is 1.63. The van der Waals surface area contributed by atoms with Gasteiger partial charge in [-0.2, -0.15) is 0 Å². The van der Waals surface area contributed by atoms with E-state index in [1.54, 1.807) is 17.1 Å². The normalized spacial score (nSPS) is 10.8. The first-order valence-corrected chi connectivity index (χ1v) is 5.48. The molecule has 0 N–H and O–H groups in total. The number of benzene rings is 1. The molecule has 16 heavy (non-hydrogen) atoms. The lowest BCUT2D eigenvalue weighted by atomic mass is 10.1. The minimum absolute atomic E-state index is 0.0440. The summed E-state index contributed by atoms with van der Waals surface area (Å²) in [7, 11) is 1.82. The third-order valence-electron chi connectivity index (χ3n) is 2.59. The van der Waals surface area contributed by atoms with Gasteiger partial charge >= 0.3 is 0 Å². The van der Waals surface area contributed by atoms with E-state index in [0.29, 0.717) is 6.54 Å². The number of carbonyl (C=O) groups is 1. The predicted octanol–water partition coefficient (Wildman–Crippen LogP) is 2.84. The SMILES string of the molecule is CC=CC(=O)N(C)Cc1ccc(C)cc1C. The van der Waals surface area contributed by atoms with Gasteiger partial charge in [0.05, 0.1) is 0 Å². The molecule has 0 fully saturated rings. The average molecular weight is 217 g/mol. The predicted molar refractivity (Wildman–Crippen MR) is 67.2 cm³/mol. The van der Waals surface area contributed by atoms with Gasteiger partial charge in [0.2, 0.25) is 5.91 Å². The van der Waals surface area contributed by atoms with E-state index in [0.717, 1.165) is 0 Å². The Labute approximate surface area is 97.6 Å². The van der Waals surface area contributed by atoms with Crippen LogP contribution in [0.25, 0.3) is 0 Å². The van der Waals surface area contributed by atoms with Crippen molar-refractivity contribution in [3.63, 3.8) is 0 Å². The lowest BCUT2D eigenvalue weighted by Crippen LogP contribution is -2.24. The van der Waals surface area contributed by atoms with Crippen molar-refractivity contribution in [2.45, 2.75) is 27.3 Å². The molecule has 0 aromatic heterocycles. The molecule has 2 heteroatoms. The third-order valence-corrected chi connectivity index (χ3v) is 2.59. The summed E-state index contributed by atoms with van der Waals surface area (Å²) in [6, 6.07) is 6.31. The Morgan fingerprint density at radius 2 is 2.06 bits per heavy atom. The number of likely N-dealkylation sites (N-methyl/N-ethyl adjacent to an activating group) is 1. The lowest BCUT2D eigenvalue weighted by Gasteiger charge is -2.17. The minimum Gasteiger partial charge on any atom is -0.338 e. The molecule has 0 aliphatic heterocycles. The quantitative estimate of drug-likeness (QED) is 0.713. The van der Waals surface area contributed by atoms with Crippen LogP contribution >= 0.6 is 0 Å². The smallest absolute Gasteiger partial charge is 0.246 e. The topological polar surface area (TPSA) is 20.3 Å². The van der Waals surface area contributed by atoms with E-state index in [2.05, 4.69) is 32.0 Å². The van der Waals surface area contributed by atoms with Crippen LogP contribution in [-0.4, -0.2) is 17.9 Å². The standard InChI is InChI=1S/C14H19NO/c1-5-6-14(16)15(4)10-13-8-7-11(2)9-12(13)3/h5-9H,10H2,1-4H3. The fraction of sp³-hybridized carbons (Fsp3) is 0.357. The summed E-state index contributed by atoms with van der Waals surface area (Å²) in [6.45, 7) is 6.67. The van der Waals surface area contributed by atoms with Gasteiger partial charge in [-0.3, -0.25) is 4.79 Å². The Balaban J connectivity index is 2.77. The van der Waals surface area contributed by atoms with Crippen LogP contribution < -0.4 is 0 Å². The molecular weight excluding hydrogens is 198 g/mol. The summed E-state index contributed by atoms with van der Waals surface area (Å²) in [6.07, 6.45) is 3.35. The molecule has 0 spiro atoms. The van der Waals surface area contributed by atoms with E-state index in [1.807, 2.05) is 14.0 Å². The molecule has 86 valence electrons. The van der Waals surface area contributed by atoms with E-state index in [-0.39, 0.29) is 5.91 Å². The molecule has 1 aromatic rings. The molecule has 0 saturated carbocycles. The fourth-order valence-electron chi connectivity index (χ4n) is 1.63. The summed E-state index contributed by atoms with van der Waals surface area (Å²) in [5.74, 6) is 0.0440. The molecule has 0 aliphatic carbocycles. The third kappa shape index (κ3) is 3.23. The van der Waals surface area contributed by atoms with Crippen LogP contribution in [0, 0.1) is 13.8 Å². The Morgan fingerprint density at radius 1 is 1.38 bits per heavy atom. The van der Waals surface area contributed by atoms with Crippen molar-refractivity contribution in [2.75, 3.05) is 7.05 Å². The van der Waals surface area contributed by atoms with E-state index < -0.39 is 0 Å².